The monoisotopic (exact) mass is 572 g/mol. The maximum atomic E-state index is 12.8. The molecule has 0 aliphatic heterocycles. The average Bonchev–Trinajstić information content (AvgIpc) is 2.89. The molecule has 2 aromatic carbocycles. The summed E-state index contributed by atoms with van der Waals surface area (Å²) in [7, 11) is 1.57. The quantitative estimate of drug-likeness (QED) is 0.206. The Morgan fingerprint density at radius 1 is 0.780 bits per heavy atom. The summed E-state index contributed by atoms with van der Waals surface area (Å²) < 4.78 is 26.3. The highest BCUT2D eigenvalue weighted by Crippen LogP contribution is 2.30. The molecule has 1 amide bonds. The van der Waals surface area contributed by atoms with Crippen molar-refractivity contribution in [2.45, 2.75) is 59.5 Å². The molecule has 0 heterocycles. The number of rotatable bonds is 13. The molecule has 2 unspecified atom stereocenters. The van der Waals surface area contributed by atoms with Gasteiger partial charge in [0.2, 0.25) is 6.29 Å². The SMILES string of the molecule is CNCC(=O)Oc1ccc(CC(NC(=O)OC(C)OC(=O)C(C)C)C(=O)OC(C)C)cc1OC(=O)c1ccccc1. The highest BCUT2D eigenvalue weighted by Gasteiger charge is 2.27. The molecule has 2 N–H and O–H groups in total. The zero-order valence-electron chi connectivity index (χ0n) is 23.9. The fraction of sp³-hybridized carbons (Fsp3) is 0.414. The van der Waals surface area contributed by atoms with E-state index in [2.05, 4.69) is 10.6 Å². The van der Waals surface area contributed by atoms with Crippen molar-refractivity contribution in [2.24, 2.45) is 5.92 Å². The van der Waals surface area contributed by atoms with Crippen molar-refractivity contribution < 1.29 is 47.7 Å². The smallest absolute Gasteiger partial charge is 0.410 e. The lowest BCUT2D eigenvalue weighted by Gasteiger charge is -2.21. The Morgan fingerprint density at radius 3 is 2.07 bits per heavy atom. The van der Waals surface area contributed by atoms with Gasteiger partial charge in [0.05, 0.1) is 24.1 Å². The molecule has 2 aromatic rings. The van der Waals surface area contributed by atoms with E-state index in [1.807, 2.05) is 0 Å². The topological polar surface area (TPSA) is 156 Å². The minimum absolute atomic E-state index is 0.0206. The molecule has 2 atom stereocenters. The van der Waals surface area contributed by atoms with Crippen LogP contribution < -0.4 is 20.1 Å². The van der Waals surface area contributed by atoms with E-state index in [1.165, 1.54) is 25.1 Å². The van der Waals surface area contributed by atoms with Crippen LogP contribution in [0, 0.1) is 5.92 Å². The summed E-state index contributed by atoms with van der Waals surface area (Å²) in [5, 5.41) is 5.10. The fourth-order valence-corrected chi connectivity index (χ4v) is 3.27. The van der Waals surface area contributed by atoms with Gasteiger partial charge in [-0.3, -0.25) is 9.59 Å². The van der Waals surface area contributed by atoms with Crippen LogP contribution >= 0.6 is 0 Å². The van der Waals surface area contributed by atoms with Gasteiger partial charge in [0.15, 0.2) is 11.5 Å². The van der Waals surface area contributed by atoms with Gasteiger partial charge in [0.25, 0.3) is 0 Å². The second kappa shape index (κ2) is 16.0. The molecular weight excluding hydrogens is 536 g/mol. The van der Waals surface area contributed by atoms with Crippen LogP contribution in [0.1, 0.15) is 50.5 Å². The summed E-state index contributed by atoms with van der Waals surface area (Å²) in [4.78, 5) is 62.0. The first-order chi connectivity index (χ1) is 19.4. The summed E-state index contributed by atoms with van der Waals surface area (Å²) in [6, 6.07) is 11.3. The van der Waals surface area contributed by atoms with Gasteiger partial charge in [0, 0.05) is 13.3 Å². The van der Waals surface area contributed by atoms with Crippen molar-refractivity contribution in [1.82, 2.24) is 10.6 Å². The first-order valence-electron chi connectivity index (χ1n) is 13.0. The number of ether oxygens (including phenoxy) is 5. The number of carbonyl (C=O) groups excluding carboxylic acids is 5. The van der Waals surface area contributed by atoms with Gasteiger partial charge in [-0.05, 0) is 50.7 Å². The van der Waals surface area contributed by atoms with Crippen molar-refractivity contribution >= 4 is 30.0 Å². The van der Waals surface area contributed by atoms with E-state index < -0.39 is 54.3 Å². The van der Waals surface area contributed by atoms with E-state index in [9.17, 15) is 24.0 Å². The van der Waals surface area contributed by atoms with Crippen molar-refractivity contribution in [3.63, 3.8) is 0 Å². The van der Waals surface area contributed by atoms with Gasteiger partial charge >= 0.3 is 30.0 Å². The fourth-order valence-electron chi connectivity index (χ4n) is 3.27. The number of benzene rings is 2. The van der Waals surface area contributed by atoms with Gasteiger partial charge in [-0.2, -0.15) is 0 Å². The number of likely N-dealkylation sites (N-methyl/N-ethyl adjacent to an activating group) is 1. The summed E-state index contributed by atoms with van der Waals surface area (Å²) in [6.45, 7) is 7.83. The third kappa shape index (κ3) is 11.3. The van der Waals surface area contributed by atoms with Crippen molar-refractivity contribution in [3.05, 3.63) is 59.7 Å². The van der Waals surface area contributed by atoms with Crippen LogP contribution in [0.3, 0.4) is 0 Å². The molecule has 0 fully saturated rings. The number of hydrogen-bond donors (Lipinski definition) is 2. The Kier molecular flexibility index (Phi) is 12.8. The van der Waals surface area contributed by atoms with Crippen LogP contribution in [0.4, 0.5) is 4.79 Å². The minimum atomic E-state index is -1.23. The van der Waals surface area contributed by atoms with Gasteiger partial charge < -0.3 is 34.3 Å². The molecule has 41 heavy (non-hydrogen) atoms. The second-order valence-electron chi connectivity index (χ2n) is 9.49. The van der Waals surface area contributed by atoms with Crippen molar-refractivity contribution in [1.29, 1.82) is 0 Å². The Morgan fingerprint density at radius 2 is 1.46 bits per heavy atom. The van der Waals surface area contributed by atoms with E-state index in [0.717, 1.165) is 0 Å². The third-order valence-corrected chi connectivity index (χ3v) is 5.16. The van der Waals surface area contributed by atoms with Gasteiger partial charge in [-0.15, -0.1) is 0 Å². The highest BCUT2D eigenvalue weighted by atomic mass is 16.7. The molecule has 12 heteroatoms. The van der Waals surface area contributed by atoms with E-state index in [-0.39, 0.29) is 30.0 Å². The molecule has 0 saturated carbocycles. The summed E-state index contributed by atoms with van der Waals surface area (Å²) >= 11 is 0. The molecule has 0 bridgehead atoms. The molecule has 0 spiro atoms. The van der Waals surface area contributed by atoms with Crippen molar-refractivity contribution in [3.8, 4) is 11.5 Å². The lowest BCUT2D eigenvalue weighted by atomic mass is 10.1. The molecular formula is C29H36N2O10. The normalized spacial score (nSPS) is 12.2. The molecule has 222 valence electrons. The van der Waals surface area contributed by atoms with E-state index in [0.29, 0.717) is 5.56 Å². The molecule has 0 aromatic heterocycles. The predicted octanol–water partition coefficient (Wildman–Crippen LogP) is 3.16. The zero-order valence-corrected chi connectivity index (χ0v) is 23.9. The zero-order chi connectivity index (χ0) is 30.5. The molecule has 2 rings (SSSR count). The summed E-state index contributed by atoms with van der Waals surface area (Å²) in [5.41, 5.74) is 0.694. The molecule has 0 aliphatic rings. The lowest BCUT2D eigenvalue weighted by molar-refractivity contribution is -0.169. The van der Waals surface area contributed by atoms with Crippen LogP contribution in [0.5, 0.6) is 11.5 Å². The number of carbonyl (C=O) groups is 5. The summed E-state index contributed by atoms with van der Waals surface area (Å²) in [5.74, 6) is -3.15. The van der Waals surface area contributed by atoms with Crippen LogP contribution in [-0.2, 0) is 35.0 Å². The van der Waals surface area contributed by atoms with Gasteiger partial charge in [-0.1, -0.05) is 38.1 Å². The molecule has 12 nitrogen and oxygen atoms in total. The molecule has 0 radical (unpaired) electrons. The molecule has 0 saturated heterocycles. The van der Waals surface area contributed by atoms with E-state index in [1.54, 1.807) is 65.1 Å². The first kappa shape index (κ1) is 32.8. The molecule has 0 aliphatic carbocycles. The highest BCUT2D eigenvalue weighted by molar-refractivity contribution is 5.91. The maximum absolute atomic E-state index is 12.8. The van der Waals surface area contributed by atoms with E-state index in [4.69, 9.17) is 23.7 Å². The lowest BCUT2D eigenvalue weighted by Crippen LogP contribution is -2.45. The number of amides is 1. The van der Waals surface area contributed by atoms with Crippen molar-refractivity contribution in [2.75, 3.05) is 13.6 Å². The Labute approximate surface area is 238 Å². The van der Waals surface area contributed by atoms with Crippen LogP contribution in [-0.4, -0.2) is 62.0 Å². The van der Waals surface area contributed by atoms with Crippen LogP contribution in [0.15, 0.2) is 48.5 Å². The van der Waals surface area contributed by atoms with E-state index >= 15 is 0 Å². The number of hydrogen-bond acceptors (Lipinski definition) is 11. The Bertz CT molecular complexity index is 1210. The maximum Gasteiger partial charge on any atom is 0.410 e. The predicted molar refractivity (Wildman–Crippen MR) is 146 cm³/mol. The number of alkyl carbamates (subject to hydrolysis) is 1. The largest absolute Gasteiger partial charge is 0.461 e. The van der Waals surface area contributed by atoms with Crippen LogP contribution in [0.2, 0.25) is 0 Å². The second-order valence-corrected chi connectivity index (χ2v) is 9.49. The minimum Gasteiger partial charge on any atom is -0.461 e. The Hall–Kier alpha value is -4.45. The third-order valence-electron chi connectivity index (χ3n) is 5.16. The van der Waals surface area contributed by atoms with Gasteiger partial charge in [0.1, 0.15) is 6.04 Å². The average molecular weight is 573 g/mol. The number of nitrogens with one attached hydrogen (secondary N) is 2. The van der Waals surface area contributed by atoms with Crippen LogP contribution in [0.25, 0.3) is 0 Å². The Balaban J connectivity index is 2.30. The van der Waals surface area contributed by atoms with Gasteiger partial charge in [-0.25, -0.2) is 14.4 Å². The first-order valence-corrected chi connectivity index (χ1v) is 13.0. The standard InChI is InChI=1S/C29H36N2O10/c1-17(2)26(33)38-19(5)39-29(36)31-22(28(35)37-18(3)4)14-20-12-13-23(40-25(32)16-30-6)24(15-20)41-27(34)21-10-8-7-9-11-21/h7-13,15,17-19,22,30H,14,16H2,1-6H3,(H,31,36). The summed E-state index contributed by atoms with van der Waals surface area (Å²) in [6.07, 6.45) is -2.82. The number of esters is 4.